The van der Waals surface area contributed by atoms with Crippen LogP contribution in [0.15, 0.2) is 41.5 Å². The van der Waals surface area contributed by atoms with Crippen LogP contribution in [0.25, 0.3) is 0 Å². The summed E-state index contributed by atoms with van der Waals surface area (Å²) < 4.78 is 10.6. The predicted octanol–water partition coefficient (Wildman–Crippen LogP) is 3.37. The lowest BCUT2D eigenvalue weighted by molar-refractivity contribution is -0.383. The molecule has 2 aromatic rings. The van der Waals surface area contributed by atoms with Gasteiger partial charge in [0.15, 0.2) is 11.5 Å². The van der Waals surface area contributed by atoms with Gasteiger partial charge in [0.05, 0.1) is 11.1 Å². The Hall–Kier alpha value is -3.29. The number of nitrogens with zero attached hydrogens (tertiary/aromatic N) is 3. The Morgan fingerprint density at radius 3 is 2.73 bits per heavy atom. The second-order valence-electron chi connectivity index (χ2n) is 6.14. The fraction of sp³-hybridized carbons (Fsp3) is 0.278. The molecule has 2 aliphatic rings. The first-order chi connectivity index (χ1) is 12.7. The van der Waals surface area contributed by atoms with E-state index in [-0.39, 0.29) is 12.5 Å². The minimum atomic E-state index is -0.411. The van der Waals surface area contributed by atoms with Gasteiger partial charge in [-0.15, -0.1) is 0 Å². The molecule has 0 aromatic heterocycles. The molecule has 0 bridgehead atoms. The molecule has 0 amide bonds. The fourth-order valence-electron chi connectivity index (χ4n) is 3.11. The van der Waals surface area contributed by atoms with E-state index in [9.17, 15) is 10.1 Å². The van der Waals surface area contributed by atoms with Crippen molar-refractivity contribution in [3.63, 3.8) is 0 Å². The third-order valence-electron chi connectivity index (χ3n) is 4.44. The molecule has 134 valence electrons. The summed E-state index contributed by atoms with van der Waals surface area (Å²) in [6.07, 6.45) is 3.87. The highest BCUT2D eigenvalue weighted by Crippen LogP contribution is 2.33. The summed E-state index contributed by atoms with van der Waals surface area (Å²) in [7, 11) is 0. The molecule has 2 aromatic carbocycles. The Morgan fingerprint density at radius 1 is 1.12 bits per heavy atom. The van der Waals surface area contributed by atoms with Crippen LogP contribution in [0, 0.1) is 10.1 Å². The van der Waals surface area contributed by atoms with Gasteiger partial charge in [-0.3, -0.25) is 15.5 Å². The van der Waals surface area contributed by atoms with E-state index >= 15 is 0 Å². The van der Waals surface area contributed by atoms with Gasteiger partial charge in [0.1, 0.15) is 5.69 Å². The zero-order chi connectivity index (χ0) is 17.9. The Bertz CT molecular complexity index is 862. The van der Waals surface area contributed by atoms with Crippen LogP contribution in [0.3, 0.4) is 0 Å². The number of nitrogens with one attached hydrogen (secondary N) is 1. The van der Waals surface area contributed by atoms with Crippen LogP contribution < -0.4 is 19.8 Å². The van der Waals surface area contributed by atoms with E-state index < -0.39 is 4.92 Å². The highest BCUT2D eigenvalue weighted by Gasteiger charge is 2.18. The molecule has 0 radical (unpaired) electrons. The lowest BCUT2D eigenvalue weighted by atomic mass is 10.2. The molecule has 4 rings (SSSR count). The second-order valence-corrected chi connectivity index (χ2v) is 6.14. The van der Waals surface area contributed by atoms with Crippen molar-refractivity contribution in [2.24, 2.45) is 5.10 Å². The highest BCUT2D eigenvalue weighted by atomic mass is 16.7. The molecule has 8 nitrogen and oxygen atoms in total. The van der Waals surface area contributed by atoms with Gasteiger partial charge in [0.2, 0.25) is 6.79 Å². The van der Waals surface area contributed by atoms with E-state index in [0.717, 1.165) is 37.2 Å². The van der Waals surface area contributed by atoms with Gasteiger partial charge in [-0.25, -0.2) is 0 Å². The van der Waals surface area contributed by atoms with Crippen LogP contribution in [0.1, 0.15) is 18.4 Å². The van der Waals surface area contributed by atoms with Gasteiger partial charge in [-0.1, -0.05) is 0 Å². The van der Waals surface area contributed by atoms with Crippen molar-refractivity contribution >= 4 is 23.3 Å². The molecular weight excluding hydrogens is 336 g/mol. The van der Waals surface area contributed by atoms with Gasteiger partial charge < -0.3 is 14.4 Å². The molecule has 0 aliphatic carbocycles. The Kier molecular flexibility index (Phi) is 4.30. The first-order valence-electron chi connectivity index (χ1n) is 8.43. The summed E-state index contributed by atoms with van der Waals surface area (Å²) in [6, 6.07) is 10.5. The minimum Gasteiger partial charge on any atom is -0.454 e. The topological polar surface area (TPSA) is 89.2 Å². The van der Waals surface area contributed by atoms with E-state index in [1.165, 1.54) is 6.07 Å². The molecular formula is C18H18N4O4. The summed E-state index contributed by atoms with van der Waals surface area (Å²) in [4.78, 5) is 13.1. The lowest BCUT2D eigenvalue weighted by Crippen LogP contribution is -2.17. The zero-order valence-corrected chi connectivity index (χ0v) is 14.1. The highest BCUT2D eigenvalue weighted by molar-refractivity contribution is 5.82. The number of nitro groups is 1. The van der Waals surface area contributed by atoms with E-state index in [4.69, 9.17) is 9.47 Å². The quantitative estimate of drug-likeness (QED) is 0.503. The van der Waals surface area contributed by atoms with Crippen LogP contribution in [-0.2, 0) is 0 Å². The number of fused-ring (bicyclic) bond motifs is 1. The molecule has 26 heavy (non-hydrogen) atoms. The maximum Gasteiger partial charge on any atom is 0.294 e. The van der Waals surface area contributed by atoms with Crippen molar-refractivity contribution in [1.82, 2.24) is 0 Å². The third-order valence-corrected chi connectivity index (χ3v) is 4.44. The predicted molar refractivity (Wildman–Crippen MR) is 98.3 cm³/mol. The number of hydrazone groups is 1. The number of hydrogen-bond donors (Lipinski definition) is 1. The van der Waals surface area contributed by atoms with Crippen LogP contribution in [-0.4, -0.2) is 31.0 Å². The van der Waals surface area contributed by atoms with Crippen LogP contribution in [0.4, 0.5) is 17.1 Å². The maximum absolute atomic E-state index is 11.3. The summed E-state index contributed by atoms with van der Waals surface area (Å²) >= 11 is 0. The van der Waals surface area contributed by atoms with Crippen molar-refractivity contribution in [3.8, 4) is 11.5 Å². The Balaban J connectivity index is 1.54. The van der Waals surface area contributed by atoms with E-state index in [2.05, 4.69) is 15.4 Å². The molecule has 1 fully saturated rings. The number of rotatable bonds is 5. The largest absolute Gasteiger partial charge is 0.454 e. The van der Waals surface area contributed by atoms with Crippen LogP contribution in [0.5, 0.6) is 11.5 Å². The number of hydrogen-bond acceptors (Lipinski definition) is 7. The van der Waals surface area contributed by atoms with Crippen LogP contribution >= 0.6 is 0 Å². The monoisotopic (exact) mass is 354 g/mol. The smallest absolute Gasteiger partial charge is 0.294 e. The van der Waals surface area contributed by atoms with Gasteiger partial charge in [0.25, 0.3) is 5.69 Å². The first-order valence-corrected chi connectivity index (χ1v) is 8.43. The summed E-state index contributed by atoms with van der Waals surface area (Å²) in [5, 5.41) is 15.4. The lowest BCUT2D eigenvalue weighted by Gasteiger charge is -2.18. The molecule has 2 heterocycles. The van der Waals surface area contributed by atoms with E-state index in [1.54, 1.807) is 24.4 Å². The standard InChI is InChI=1S/C18H18N4O4/c23-22(24)16-5-4-14(21-7-1-2-8-21)10-15(16)20-19-11-13-3-6-17-18(9-13)26-12-25-17/h3-6,9-11,20H,1-2,7-8,12H2/b19-11+. The molecule has 8 heteroatoms. The van der Waals surface area contributed by atoms with Crippen molar-refractivity contribution in [2.45, 2.75) is 12.8 Å². The fourth-order valence-corrected chi connectivity index (χ4v) is 3.11. The van der Waals surface area contributed by atoms with Gasteiger partial charge >= 0.3 is 0 Å². The van der Waals surface area contributed by atoms with E-state index in [1.807, 2.05) is 12.1 Å². The van der Waals surface area contributed by atoms with Crippen molar-refractivity contribution in [1.29, 1.82) is 0 Å². The van der Waals surface area contributed by atoms with E-state index in [0.29, 0.717) is 17.2 Å². The second kappa shape index (κ2) is 6.91. The van der Waals surface area contributed by atoms with Gasteiger partial charge in [-0.05, 0) is 48.7 Å². The van der Waals surface area contributed by atoms with Crippen molar-refractivity contribution in [3.05, 3.63) is 52.1 Å². The Labute approximate surface area is 150 Å². The average Bonchev–Trinajstić information content (AvgIpc) is 3.33. The van der Waals surface area contributed by atoms with Gasteiger partial charge in [-0.2, -0.15) is 5.10 Å². The van der Waals surface area contributed by atoms with Gasteiger partial charge in [0, 0.05) is 24.8 Å². The average molecular weight is 354 g/mol. The SMILES string of the molecule is O=[N+]([O-])c1ccc(N2CCCC2)cc1N/N=C/c1ccc2c(c1)OCO2. The number of anilines is 2. The normalized spacial score (nSPS) is 15.6. The first kappa shape index (κ1) is 16.2. The number of ether oxygens (including phenoxy) is 2. The molecule has 1 saturated heterocycles. The molecule has 2 aliphatic heterocycles. The number of nitro benzene ring substituents is 1. The summed E-state index contributed by atoms with van der Waals surface area (Å²) in [6.45, 7) is 2.15. The third kappa shape index (κ3) is 3.26. The summed E-state index contributed by atoms with van der Waals surface area (Å²) in [5.41, 5.74) is 4.94. The van der Waals surface area contributed by atoms with Crippen LogP contribution in [0.2, 0.25) is 0 Å². The van der Waals surface area contributed by atoms with Crippen molar-refractivity contribution in [2.75, 3.05) is 30.2 Å². The molecule has 0 unspecified atom stereocenters. The molecule has 0 spiro atoms. The molecule has 0 saturated carbocycles. The minimum absolute atomic E-state index is 0.00390. The van der Waals surface area contributed by atoms with Crippen molar-refractivity contribution < 1.29 is 14.4 Å². The summed E-state index contributed by atoms with van der Waals surface area (Å²) in [5.74, 6) is 1.36. The zero-order valence-electron chi connectivity index (χ0n) is 14.1. The molecule has 0 atom stereocenters. The maximum atomic E-state index is 11.3. The molecule has 1 N–H and O–H groups in total. The number of benzene rings is 2. The Morgan fingerprint density at radius 2 is 1.92 bits per heavy atom.